The second kappa shape index (κ2) is 8.03. The standard InChI is InChI=1S/C22H19F3N4O3/c1-12-19(13-6-5-7-14(10-13)32-2)20-27-21(31)17(29(20)28-12)11-18(30)26-16-9-4-3-8-15(16)22(23,24)25/h3-10,17H,11H2,1-2H3,(H,26,30)(H,27,31). The van der Waals surface area contributed by atoms with E-state index in [4.69, 9.17) is 4.74 Å². The number of fused-ring (bicyclic) bond motifs is 1. The zero-order valence-electron chi connectivity index (χ0n) is 17.2. The molecule has 32 heavy (non-hydrogen) atoms. The summed E-state index contributed by atoms with van der Waals surface area (Å²) in [7, 11) is 1.54. The first-order chi connectivity index (χ1) is 15.2. The minimum absolute atomic E-state index is 0.364. The van der Waals surface area contributed by atoms with Gasteiger partial charge in [0.15, 0.2) is 0 Å². The van der Waals surface area contributed by atoms with Crippen LogP contribution in [0.2, 0.25) is 0 Å². The normalized spacial score (nSPS) is 15.3. The summed E-state index contributed by atoms with van der Waals surface area (Å²) < 4.78 is 46.2. The fraction of sp³-hybridized carbons (Fsp3) is 0.227. The Balaban J connectivity index is 1.59. The minimum Gasteiger partial charge on any atom is -0.497 e. The lowest BCUT2D eigenvalue weighted by molar-refractivity contribution is -0.137. The van der Waals surface area contributed by atoms with Crippen LogP contribution in [0.1, 0.15) is 23.7 Å². The lowest BCUT2D eigenvalue weighted by Crippen LogP contribution is -2.24. The number of nitrogens with zero attached hydrogens (tertiary/aromatic N) is 2. The third kappa shape index (κ3) is 3.91. The van der Waals surface area contributed by atoms with Gasteiger partial charge in [0.25, 0.3) is 5.91 Å². The van der Waals surface area contributed by atoms with Crippen molar-refractivity contribution in [3.8, 4) is 16.9 Å². The molecule has 0 fully saturated rings. The molecule has 1 aliphatic heterocycles. The number of amides is 2. The Labute approximate surface area is 181 Å². The highest BCUT2D eigenvalue weighted by atomic mass is 19.4. The number of methoxy groups -OCH3 is 1. The SMILES string of the molecule is COc1cccc(-c2c(C)nn3c2NC(=O)C3CC(=O)Nc2ccccc2C(F)(F)F)c1. The zero-order valence-corrected chi connectivity index (χ0v) is 17.2. The van der Waals surface area contributed by atoms with Crippen LogP contribution in [-0.4, -0.2) is 28.7 Å². The highest BCUT2D eigenvalue weighted by Gasteiger charge is 2.37. The molecule has 2 aromatic carbocycles. The molecule has 2 amide bonds. The minimum atomic E-state index is -4.62. The van der Waals surface area contributed by atoms with E-state index < -0.39 is 29.6 Å². The number of hydrogen-bond donors (Lipinski definition) is 2. The van der Waals surface area contributed by atoms with E-state index in [0.29, 0.717) is 22.8 Å². The van der Waals surface area contributed by atoms with Crippen LogP contribution >= 0.6 is 0 Å². The maximum Gasteiger partial charge on any atom is 0.418 e. The number of anilines is 2. The van der Waals surface area contributed by atoms with Crippen LogP contribution in [0.4, 0.5) is 24.7 Å². The number of rotatable bonds is 5. The van der Waals surface area contributed by atoms with Crippen molar-refractivity contribution in [1.29, 1.82) is 0 Å². The predicted octanol–water partition coefficient (Wildman–Crippen LogP) is 4.41. The summed E-state index contributed by atoms with van der Waals surface area (Å²) in [4.78, 5) is 25.1. The number of ether oxygens (including phenoxy) is 1. The number of benzene rings is 2. The van der Waals surface area contributed by atoms with E-state index in [1.807, 2.05) is 6.07 Å². The average Bonchev–Trinajstić information content (AvgIpc) is 3.21. The number of aromatic nitrogens is 2. The van der Waals surface area contributed by atoms with E-state index in [1.165, 1.54) is 22.9 Å². The molecule has 0 bridgehead atoms. The van der Waals surface area contributed by atoms with Crippen molar-refractivity contribution < 1.29 is 27.5 Å². The van der Waals surface area contributed by atoms with Crippen molar-refractivity contribution in [2.24, 2.45) is 0 Å². The third-order valence-electron chi connectivity index (χ3n) is 5.17. The summed E-state index contributed by atoms with van der Waals surface area (Å²) in [5.41, 5.74) is 0.758. The van der Waals surface area contributed by atoms with Gasteiger partial charge in [-0.1, -0.05) is 24.3 Å². The molecule has 2 N–H and O–H groups in total. The summed E-state index contributed by atoms with van der Waals surface area (Å²) in [6.07, 6.45) is -4.99. The van der Waals surface area contributed by atoms with Gasteiger partial charge < -0.3 is 15.4 Å². The predicted molar refractivity (Wildman–Crippen MR) is 111 cm³/mol. The van der Waals surface area contributed by atoms with Gasteiger partial charge in [-0.15, -0.1) is 0 Å². The number of carbonyl (C=O) groups excluding carboxylic acids is 2. The van der Waals surface area contributed by atoms with E-state index in [9.17, 15) is 22.8 Å². The summed E-state index contributed by atoms with van der Waals surface area (Å²) in [6, 6.07) is 10.9. The summed E-state index contributed by atoms with van der Waals surface area (Å²) in [5.74, 6) is -0.138. The van der Waals surface area contributed by atoms with Crippen LogP contribution in [0, 0.1) is 6.92 Å². The van der Waals surface area contributed by atoms with E-state index in [1.54, 1.807) is 32.2 Å². The van der Waals surface area contributed by atoms with Crippen LogP contribution in [0.15, 0.2) is 48.5 Å². The van der Waals surface area contributed by atoms with E-state index in [2.05, 4.69) is 15.7 Å². The second-order valence-electron chi connectivity index (χ2n) is 7.29. The van der Waals surface area contributed by atoms with Gasteiger partial charge in [-0.05, 0) is 36.8 Å². The molecule has 10 heteroatoms. The van der Waals surface area contributed by atoms with E-state index in [0.717, 1.165) is 11.6 Å². The van der Waals surface area contributed by atoms with Gasteiger partial charge in [0, 0.05) is 5.56 Å². The molecule has 1 unspecified atom stereocenters. The van der Waals surface area contributed by atoms with Gasteiger partial charge in [0.05, 0.1) is 30.5 Å². The summed E-state index contributed by atoms with van der Waals surface area (Å²) >= 11 is 0. The maximum atomic E-state index is 13.2. The van der Waals surface area contributed by atoms with Crippen molar-refractivity contribution in [1.82, 2.24) is 9.78 Å². The molecular weight excluding hydrogens is 425 g/mol. The van der Waals surface area contributed by atoms with E-state index >= 15 is 0 Å². The summed E-state index contributed by atoms with van der Waals surface area (Å²) in [6.45, 7) is 1.77. The molecule has 0 saturated carbocycles. The number of para-hydroxylation sites is 1. The maximum absolute atomic E-state index is 13.2. The van der Waals surface area contributed by atoms with Crippen LogP contribution in [-0.2, 0) is 15.8 Å². The van der Waals surface area contributed by atoms with Crippen LogP contribution in [0.25, 0.3) is 11.1 Å². The molecule has 1 atom stereocenters. The van der Waals surface area contributed by atoms with E-state index in [-0.39, 0.29) is 12.1 Å². The molecule has 166 valence electrons. The zero-order chi connectivity index (χ0) is 23.0. The Morgan fingerprint density at radius 3 is 2.69 bits per heavy atom. The molecule has 4 rings (SSSR count). The Bertz CT molecular complexity index is 1200. The van der Waals surface area contributed by atoms with Crippen LogP contribution in [0.3, 0.4) is 0 Å². The van der Waals surface area contributed by atoms with Crippen LogP contribution in [0.5, 0.6) is 5.75 Å². The van der Waals surface area contributed by atoms with Crippen LogP contribution < -0.4 is 15.4 Å². The molecule has 1 aromatic heterocycles. The first kappa shape index (κ1) is 21.4. The van der Waals surface area contributed by atoms with Crippen molar-refractivity contribution in [3.05, 3.63) is 59.8 Å². The highest BCUT2D eigenvalue weighted by Crippen LogP contribution is 2.39. The Morgan fingerprint density at radius 1 is 1.22 bits per heavy atom. The molecule has 0 radical (unpaired) electrons. The molecule has 0 saturated heterocycles. The number of carbonyl (C=O) groups is 2. The quantitative estimate of drug-likeness (QED) is 0.611. The molecule has 0 aliphatic carbocycles. The number of hydrogen-bond acceptors (Lipinski definition) is 4. The smallest absolute Gasteiger partial charge is 0.418 e. The van der Waals surface area contributed by atoms with Crippen molar-refractivity contribution in [2.45, 2.75) is 25.6 Å². The molecular formula is C22H19F3N4O3. The lowest BCUT2D eigenvalue weighted by atomic mass is 10.1. The van der Waals surface area contributed by atoms with Gasteiger partial charge in [-0.25, -0.2) is 4.68 Å². The monoisotopic (exact) mass is 444 g/mol. The van der Waals surface area contributed by atoms with Gasteiger partial charge in [-0.3, -0.25) is 9.59 Å². The topological polar surface area (TPSA) is 85.2 Å². The number of halogens is 3. The van der Waals surface area contributed by atoms with Crippen molar-refractivity contribution in [2.75, 3.05) is 17.7 Å². The molecule has 1 aliphatic rings. The number of alkyl halides is 3. The highest BCUT2D eigenvalue weighted by molar-refractivity contribution is 6.04. The Morgan fingerprint density at radius 2 is 1.97 bits per heavy atom. The van der Waals surface area contributed by atoms with Crippen molar-refractivity contribution in [3.63, 3.8) is 0 Å². The lowest BCUT2D eigenvalue weighted by Gasteiger charge is -2.14. The third-order valence-corrected chi connectivity index (χ3v) is 5.17. The molecule has 0 spiro atoms. The van der Waals surface area contributed by atoms with Gasteiger partial charge in [0.2, 0.25) is 5.91 Å². The summed E-state index contributed by atoms with van der Waals surface area (Å²) in [5, 5.41) is 9.41. The Hall–Kier alpha value is -3.82. The molecule has 7 nitrogen and oxygen atoms in total. The average molecular weight is 444 g/mol. The molecule has 2 heterocycles. The van der Waals surface area contributed by atoms with Gasteiger partial charge in [-0.2, -0.15) is 18.3 Å². The second-order valence-corrected chi connectivity index (χ2v) is 7.29. The largest absolute Gasteiger partial charge is 0.497 e. The van der Waals surface area contributed by atoms with Gasteiger partial charge in [0.1, 0.15) is 17.6 Å². The van der Waals surface area contributed by atoms with Gasteiger partial charge >= 0.3 is 6.18 Å². The number of nitrogens with one attached hydrogen (secondary N) is 2. The number of aryl methyl sites for hydroxylation is 1. The Kier molecular flexibility index (Phi) is 5.37. The first-order valence-electron chi connectivity index (χ1n) is 9.69. The fourth-order valence-electron chi connectivity index (χ4n) is 3.72. The fourth-order valence-corrected chi connectivity index (χ4v) is 3.72. The van der Waals surface area contributed by atoms with Crippen molar-refractivity contribution >= 4 is 23.3 Å². The molecule has 3 aromatic rings. The first-order valence-corrected chi connectivity index (χ1v) is 9.69.